The maximum atomic E-state index is 13.5. The number of benzene rings is 2. The van der Waals surface area contributed by atoms with Gasteiger partial charge < -0.3 is 33.7 Å². The molecule has 3 aliphatic rings. The van der Waals surface area contributed by atoms with E-state index in [0.29, 0.717) is 52.8 Å². The van der Waals surface area contributed by atoms with Crippen molar-refractivity contribution in [3.05, 3.63) is 40.5 Å². The monoisotopic (exact) mass is 399 g/mol. The van der Waals surface area contributed by atoms with Crippen LogP contribution in [0.4, 0.5) is 0 Å². The molecule has 1 amide bonds. The third-order valence-electron chi connectivity index (χ3n) is 5.87. The van der Waals surface area contributed by atoms with Gasteiger partial charge in [-0.1, -0.05) is 6.07 Å². The highest BCUT2D eigenvalue weighted by Crippen LogP contribution is 2.55. The fourth-order valence-corrected chi connectivity index (χ4v) is 4.63. The van der Waals surface area contributed by atoms with Gasteiger partial charge in [-0.25, -0.2) is 0 Å². The molecule has 5 rings (SSSR count). The summed E-state index contributed by atoms with van der Waals surface area (Å²) in [5.41, 5.74) is 2.56. The van der Waals surface area contributed by atoms with Crippen LogP contribution in [0.1, 0.15) is 39.2 Å². The first-order chi connectivity index (χ1) is 14.1. The molecular weight excluding hydrogens is 378 g/mol. The molecule has 0 bridgehead atoms. The Morgan fingerprint density at radius 1 is 1.10 bits per heavy atom. The van der Waals surface area contributed by atoms with E-state index in [4.69, 9.17) is 23.7 Å². The highest BCUT2D eigenvalue weighted by molar-refractivity contribution is 6.01. The third kappa shape index (κ3) is 2.32. The molecule has 2 atom stereocenters. The van der Waals surface area contributed by atoms with E-state index in [1.165, 1.54) is 14.2 Å². The van der Waals surface area contributed by atoms with Crippen LogP contribution in [0, 0.1) is 0 Å². The summed E-state index contributed by atoms with van der Waals surface area (Å²) in [6, 6.07) is 4.73. The average Bonchev–Trinajstić information content (AvgIpc) is 3.22. The Bertz CT molecular complexity index is 1020. The predicted octanol–water partition coefficient (Wildman–Crippen LogP) is 2.23. The lowest BCUT2D eigenvalue weighted by Gasteiger charge is -2.44. The molecular formula is C21H21NO7. The lowest BCUT2D eigenvalue weighted by Crippen LogP contribution is -2.46. The van der Waals surface area contributed by atoms with E-state index in [1.54, 1.807) is 24.1 Å². The Balaban J connectivity index is 1.72. The molecule has 2 aromatic rings. The van der Waals surface area contributed by atoms with E-state index in [0.717, 1.165) is 11.1 Å². The molecule has 29 heavy (non-hydrogen) atoms. The molecule has 2 unspecified atom stereocenters. The van der Waals surface area contributed by atoms with E-state index in [-0.39, 0.29) is 12.7 Å². The molecule has 2 aromatic carbocycles. The first-order valence-electron chi connectivity index (χ1n) is 9.34. The normalized spacial score (nSPS) is 21.2. The minimum absolute atomic E-state index is 0.115. The Morgan fingerprint density at radius 3 is 2.62 bits per heavy atom. The van der Waals surface area contributed by atoms with Gasteiger partial charge in [-0.15, -0.1) is 0 Å². The number of methoxy groups -OCH3 is 3. The van der Waals surface area contributed by atoms with Crippen LogP contribution in [0.25, 0.3) is 0 Å². The van der Waals surface area contributed by atoms with Crippen molar-refractivity contribution >= 4 is 5.91 Å². The largest absolute Gasteiger partial charge is 0.493 e. The van der Waals surface area contributed by atoms with E-state index >= 15 is 0 Å². The topological polar surface area (TPSA) is 86.7 Å². The van der Waals surface area contributed by atoms with E-state index < -0.39 is 12.1 Å². The second-order valence-corrected chi connectivity index (χ2v) is 7.12. The van der Waals surface area contributed by atoms with Crippen LogP contribution in [-0.2, 0) is 6.42 Å². The zero-order valence-electron chi connectivity index (χ0n) is 16.4. The van der Waals surface area contributed by atoms with Crippen molar-refractivity contribution in [2.75, 3.05) is 34.7 Å². The number of amides is 1. The van der Waals surface area contributed by atoms with E-state index in [2.05, 4.69) is 0 Å². The van der Waals surface area contributed by atoms with Crippen LogP contribution in [0.3, 0.4) is 0 Å². The summed E-state index contributed by atoms with van der Waals surface area (Å²) in [5.74, 6) is 2.19. The summed E-state index contributed by atoms with van der Waals surface area (Å²) in [5, 5.41) is 11.4. The molecule has 3 heterocycles. The van der Waals surface area contributed by atoms with Crippen molar-refractivity contribution in [3.63, 3.8) is 0 Å². The maximum Gasteiger partial charge on any atom is 0.258 e. The minimum atomic E-state index is -0.962. The molecule has 8 nitrogen and oxygen atoms in total. The van der Waals surface area contributed by atoms with Crippen LogP contribution < -0.4 is 23.7 Å². The van der Waals surface area contributed by atoms with Gasteiger partial charge in [0.1, 0.15) is 6.10 Å². The summed E-state index contributed by atoms with van der Waals surface area (Å²) in [6.07, 6.45) is -0.352. The van der Waals surface area contributed by atoms with Gasteiger partial charge in [-0.3, -0.25) is 4.79 Å². The number of rotatable bonds is 3. The molecule has 152 valence electrons. The van der Waals surface area contributed by atoms with E-state index in [1.807, 2.05) is 6.07 Å². The summed E-state index contributed by atoms with van der Waals surface area (Å²) in [6.45, 7) is 0.570. The van der Waals surface area contributed by atoms with Gasteiger partial charge in [-0.2, -0.15) is 0 Å². The fourth-order valence-electron chi connectivity index (χ4n) is 4.63. The Morgan fingerprint density at radius 2 is 1.90 bits per heavy atom. The standard InChI is InChI=1S/C21H21NO7/c1-25-12-5-4-11-15(18(12)26-2)21(24)22-7-6-10-8-13-19(29-9-28-13)20(27-3)14(10)16(22)17(11)23/h4-5,8,16-17,23H,6-7,9H2,1-3H3. The number of hydrogen-bond acceptors (Lipinski definition) is 7. The smallest absolute Gasteiger partial charge is 0.258 e. The first-order valence-corrected chi connectivity index (χ1v) is 9.34. The summed E-state index contributed by atoms with van der Waals surface area (Å²) in [4.78, 5) is 15.1. The number of carbonyl (C=O) groups is 1. The first kappa shape index (κ1) is 17.9. The summed E-state index contributed by atoms with van der Waals surface area (Å²) in [7, 11) is 4.55. The highest BCUT2D eigenvalue weighted by atomic mass is 16.7. The number of hydrogen-bond donors (Lipinski definition) is 1. The molecule has 0 radical (unpaired) electrons. The van der Waals surface area contributed by atoms with Gasteiger partial charge in [0.05, 0.1) is 32.9 Å². The van der Waals surface area contributed by atoms with Crippen LogP contribution in [0.2, 0.25) is 0 Å². The summed E-state index contributed by atoms with van der Waals surface area (Å²) >= 11 is 0. The van der Waals surface area contributed by atoms with Crippen molar-refractivity contribution in [3.8, 4) is 28.7 Å². The van der Waals surface area contributed by atoms with Crippen LogP contribution in [-0.4, -0.2) is 50.6 Å². The Labute approximate surface area is 167 Å². The number of carbonyl (C=O) groups excluding carboxylic acids is 1. The molecule has 0 aliphatic carbocycles. The highest BCUT2D eigenvalue weighted by Gasteiger charge is 2.47. The molecule has 0 saturated carbocycles. The van der Waals surface area contributed by atoms with Crippen molar-refractivity contribution in [1.29, 1.82) is 0 Å². The number of nitrogens with zero attached hydrogens (tertiary/aromatic N) is 1. The van der Waals surface area contributed by atoms with Gasteiger partial charge in [0, 0.05) is 12.1 Å². The number of fused-ring (bicyclic) bond motifs is 5. The second-order valence-electron chi connectivity index (χ2n) is 7.12. The molecule has 0 aromatic heterocycles. The van der Waals surface area contributed by atoms with Crippen LogP contribution >= 0.6 is 0 Å². The van der Waals surface area contributed by atoms with Gasteiger partial charge in [0.2, 0.25) is 12.5 Å². The maximum absolute atomic E-state index is 13.5. The van der Waals surface area contributed by atoms with Gasteiger partial charge >= 0.3 is 0 Å². The molecule has 0 saturated heterocycles. The number of aliphatic hydroxyl groups excluding tert-OH is 1. The van der Waals surface area contributed by atoms with Crippen LogP contribution in [0.5, 0.6) is 28.7 Å². The third-order valence-corrected chi connectivity index (χ3v) is 5.87. The fraction of sp³-hybridized carbons (Fsp3) is 0.381. The second kappa shape index (κ2) is 6.45. The number of aliphatic hydroxyl groups is 1. The SMILES string of the molecule is COc1ccc2c(c1OC)C(=O)N1CCc3cc4c(c(OC)c3C1C2O)OCO4. The lowest BCUT2D eigenvalue weighted by atomic mass is 9.80. The molecule has 8 heteroatoms. The summed E-state index contributed by atoms with van der Waals surface area (Å²) < 4.78 is 27.6. The Hall–Kier alpha value is -3.13. The molecule has 0 spiro atoms. The zero-order valence-corrected chi connectivity index (χ0v) is 16.4. The minimum Gasteiger partial charge on any atom is -0.493 e. The van der Waals surface area contributed by atoms with Crippen molar-refractivity contribution in [1.82, 2.24) is 4.90 Å². The predicted molar refractivity (Wildman–Crippen MR) is 101 cm³/mol. The molecule has 1 N–H and O–H groups in total. The van der Waals surface area contributed by atoms with Crippen molar-refractivity contribution in [2.45, 2.75) is 18.6 Å². The zero-order chi connectivity index (χ0) is 20.3. The average molecular weight is 399 g/mol. The van der Waals surface area contributed by atoms with Crippen molar-refractivity contribution < 1.29 is 33.6 Å². The van der Waals surface area contributed by atoms with Crippen molar-refractivity contribution in [2.24, 2.45) is 0 Å². The quantitative estimate of drug-likeness (QED) is 0.847. The molecule has 3 aliphatic heterocycles. The molecule has 0 fully saturated rings. The van der Waals surface area contributed by atoms with Gasteiger partial charge in [0.25, 0.3) is 5.91 Å². The van der Waals surface area contributed by atoms with Crippen LogP contribution in [0.15, 0.2) is 18.2 Å². The van der Waals surface area contributed by atoms with E-state index in [9.17, 15) is 9.90 Å². The van der Waals surface area contributed by atoms with Gasteiger partial charge in [0.15, 0.2) is 23.0 Å². The lowest BCUT2D eigenvalue weighted by molar-refractivity contribution is 0.0199. The number of ether oxygens (including phenoxy) is 5. The Kier molecular flexibility index (Phi) is 3.99. The van der Waals surface area contributed by atoms with Gasteiger partial charge in [-0.05, 0) is 29.7 Å².